The zero-order valence-corrected chi connectivity index (χ0v) is 13.4. The average molecular weight is 300 g/mol. The number of thiocarbonyl (C=S) groups is 1. The van der Waals surface area contributed by atoms with E-state index in [0.29, 0.717) is 0 Å². The van der Waals surface area contributed by atoms with Crippen LogP contribution in [0.3, 0.4) is 0 Å². The van der Waals surface area contributed by atoms with E-state index in [4.69, 9.17) is 18.0 Å². The van der Waals surface area contributed by atoms with E-state index in [0.717, 1.165) is 18.6 Å². The van der Waals surface area contributed by atoms with Crippen LogP contribution in [0.4, 0.5) is 14.5 Å². The van der Waals surface area contributed by atoms with Gasteiger partial charge in [0.15, 0.2) is 0 Å². The summed E-state index contributed by atoms with van der Waals surface area (Å²) in [6, 6.07) is 2.31. The Hall–Kier alpha value is -1.23. The lowest BCUT2D eigenvalue weighted by molar-refractivity contribution is 0.301. The van der Waals surface area contributed by atoms with Crippen LogP contribution in [-0.4, -0.2) is 10.5 Å². The lowest BCUT2D eigenvalue weighted by Gasteiger charge is -2.34. The number of benzene rings is 1. The van der Waals surface area contributed by atoms with Crippen LogP contribution < -0.4 is 11.1 Å². The summed E-state index contributed by atoms with van der Waals surface area (Å²) in [4.78, 5) is -0.0247. The fourth-order valence-corrected chi connectivity index (χ4v) is 2.66. The van der Waals surface area contributed by atoms with Crippen molar-refractivity contribution >= 4 is 22.9 Å². The highest BCUT2D eigenvalue weighted by molar-refractivity contribution is 7.80. The quantitative estimate of drug-likeness (QED) is 0.817. The van der Waals surface area contributed by atoms with Crippen LogP contribution in [0.25, 0.3) is 0 Å². The van der Waals surface area contributed by atoms with Crippen molar-refractivity contribution in [3.05, 3.63) is 29.3 Å². The maximum atomic E-state index is 14.0. The number of anilines is 1. The van der Waals surface area contributed by atoms with Crippen molar-refractivity contribution in [1.82, 2.24) is 0 Å². The highest BCUT2D eigenvalue weighted by Gasteiger charge is 2.27. The molecule has 2 nitrogen and oxygen atoms in total. The molecule has 20 heavy (non-hydrogen) atoms. The van der Waals surface area contributed by atoms with Gasteiger partial charge in [-0.2, -0.15) is 0 Å². The normalized spacial score (nSPS) is 12.3. The molecule has 0 spiro atoms. The molecule has 0 atom stereocenters. The van der Waals surface area contributed by atoms with E-state index in [1.165, 1.54) is 0 Å². The Morgan fingerprint density at radius 1 is 1.15 bits per heavy atom. The third kappa shape index (κ3) is 4.71. The van der Waals surface area contributed by atoms with Crippen LogP contribution in [0.15, 0.2) is 12.1 Å². The molecule has 0 aromatic heterocycles. The molecule has 3 N–H and O–H groups in total. The van der Waals surface area contributed by atoms with Gasteiger partial charge in [0.2, 0.25) is 0 Å². The average Bonchev–Trinajstić information content (AvgIpc) is 2.19. The summed E-state index contributed by atoms with van der Waals surface area (Å²) in [6.07, 6.45) is 0.760. The molecule has 0 aliphatic carbocycles. The van der Waals surface area contributed by atoms with E-state index in [1.807, 2.05) is 13.8 Å². The fraction of sp³-hybridized carbons (Fsp3) is 0.533. The van der Waals surface area contributed by atoms with Crippen molar-refractivity contribution in [1.29, 1.82) is 0 Å². The van der Waals surface area contributed by atoms with E-state index in [1.54, 1.807) is 0 Å². The van der Waals surface area contributed by atoms with Crippen LogP contribution in [0, 0.1) is 17.0 Å². The van der Waals surface area contributed by atoms with Crippen molar-refractivity contribution in [2.45, 2.75) is 46.6 Å². The number of hydrogen-bond acceptors (Lipinski definition) is 2. The first-order valence-corrected chi connectivity index (χ1v) is 6.89. The molecule has 0 fully saturated rings. The SMILES string of the molecule is CC(C)(C)CC(C)(C)Nc1c(F)cc(C(N)=S)cc1F. The molecule has 0 amide bonds. The molecule has 0 saturated carbocycles. The van der Waals surface area contributed by atoms with E-state index in [9.17, 15) is 8.78 Å². The first kappa shape index (κ1) is 16.8. The van der Waals surface area contributed by atoms with Crippen molar-refractivity contribution in [3.8, 4) is 0 Å². The first-order valence-electron chi connectivity index (χ1n) is 6.48. The van der Waals surface area contributed by atoms with Gasteiger partial charge < -0.3 is 11.1 Å². The molecule has 0 aliphatic heterocycles. The Bertz CT molecular complexity index is 496. The second-order valence-electron chi connectivity index (χ2n) is 6.93. The third-order valence-corrected chi connectivity index (χ3v) is 3.00. The van der Waals surface area contributed by atoms with Gasteiger partial charge in [0, 0.05) is 11.1 Å². The van der Waals surface area contributed by atoms with E-state index in [2.05, 4.69) is 26.1 Å². The van der Waals surface area contributed by atoms with Gasteiger partial charge in [0.1, 0.15) is 22.3 Å². The van der Waals surface area contributed by atoms with Crippen molar-refractivity contribution in [2.75, 3.05) is 5.32 Å². The van der Waals surface area contributed by atoms with Gasteiger partial charge in [-0.15, -0.1) is 0 Å². The minimum atomic E-state index is -0.685. The summed E-state index contributed by atoms with van der Waals surface area (Å²) in [5, 5.41) is 2.94. The summed E-state index contributed by atoms with van der Waals surface area (Å²) < 4.78 is 28.0. The molecular formula is C15H22F2N2S. The zero-order chi connectivity index (χ0) is 15.7. The van der Waals surface area contributed by atoms with Crippen LogP contribution in [-0.2, 0) is 0 Å². The molecule has 0 saturated heterocycles. The van der Waals surface area contributed by atoms with Gasteiger partial charge in [-0.3, -0.25) is 0 Å². The third-order valence-electron chi connectivity index (χ3n) is 2.76. The maximum Gasteiger partial charge on any atom is 0.150 e. The van der Waals surface area contributed by atoms with Crippen LogP contribution in [0.5, 0.6) is 0 Å². The van der Waals surface area contributed by atoms with Crippen LogP contribution >= 0.6 is 12.2 Å². The number of halogens is 2. The lowest BCUT2D eigenvalue weighted by Crippen LogP contribution is -2.36. The summed E-state index contributed by atoms with van der Waals surface area (Å²) in [5.41, 5.74) is 5.04. The number of nitrogens with two attached hydrogens (primary N) is 1. The zero-order valence-electron chi connectivity index (χ0n) is 12.6. The Labute approximate surface area is 124 Å². The minimum absolute atomic E-state index is 0.0247. The molecular weight excluding hydrogens is 278 g/mol. The molecule has 1 aromatic rings. The maximum absolute atomic E-state index is 14.0. The number of nitrogens with one attached hydrogen (secondary N) is 1. The molecule has 0 aliphatic rings. The summed E-state index contributed by atoms with van der Waals surface area (Å²) >= 11 is 4.73. The van der Waals surface area contributed by atoms with Gasteiger partial charge in [-0.1, -0.05) is 33.0 Å². The number of hydrogen-bond donors (Lipinski definition) is 2. The molecule has 0 radical (unpaired) electrons. The molecule has 5 heteroatoms. The molecule has 1 rings (SSSR count). The monoisotopic (exact) mass is 300 g/mol. The Kier molecular flexibility index (Phi) is 4.74. The summed E-state index contributed by atoms with van der Waals surface area (Å²) in [6.45, 7) is 10.1. The second kappa shape index (κ2) is 5.64. The predicted molar refractivity (Wildman–Crippen MR) is 84.0 cm³/mol. The highest BCUT2D eigenvalue weighted by atomic mass is 32.1. The van der Waals surface area contributed by atoms with E-state index in [-0.39, 0.29) is 21.7 Å². The van der Waals surface area contributed by atoms with Gasteiger partial charge in [0.25, 0.3) is 0 Å². The van der Waals surface area contributed by atoms with Gasteiger partial charge in [0.05, 0.1) is 0 Å². The minimum Gasteiger partial charge on any atom is -0.389 e. The van der Waals surface area contributed by atoms with Gasteiger partial charge in [-0.25, -0.2) is 8.78 Å². The van der Waals surface area contributed by atoms with Crippen LogP contribution in [0.1, 0.15) is 46.6 Å². The van der Waals surface area contributed by atoms with Crippen molar-refractivity contribution in [3.63, 3.8) is 0 Å². The Morgan fingerprint density at radius 3 is 1.95 bits per heavy atom. The first-order chi connectivity index (χ1) is 8.91. The van der Waals surface area contributed by atoms with Crippen molar-refractivity contribution in [2.24, 2.45) is 11.1 Å². The Morgan fingerprint density at radius 2 is 1.60 bits per heavy atom. The molecule has 0 unspecified atom stereocenters. The Balaban J connectivity index is 3.07. The lowest BCUT2D eigenvalue weighted by atomic mass is 9.81. The predicted octanol–water partition coefficient (Wildman–Crippen LogP) is 4.23. The van der Waals surface area contributed by atoms with Crippen molar-refractivity contribution < 1.29 is 8.78 Å². The summed E-state index contributed by atoms with van der Waals surface area (Å²) in [7, 11) is 0. The highest BCUT2D eigenvalue weighted by Crippen LogP contribution is 2.31. The molecule has 0 heterocycles. The smallest absolute Gasteiger partial charge is 0.150 e. The van der Waals surface area contributed by atoms with E-state index >= 15 is 0 Å². The number of rotatable bonds is 4. The molecule has 1 aromatic carbocycles. The fourth-order valence-electron chi connectivity index (χ4n) is 2.54. The second-order valence-corrected chi connectivity index (χ2v) is 7.37. The van der Waals surface area contributed by atoms with Gasteiger partial charge >= 0.3 is 0 Å². The molecule has 112 valence electrons. The standard InChI is InChI=1S/C15H22F2N2S/c1-14(2,3)8-15(4,5)19-12-10(16)6-9(13(18)20)7-11(12)17/h6-7,19H,8H2,1-5H3,(H2,18,20). The topological polar surface area (TPSA) is 38.0 Å². The largest absolute Gasteiger partial charge is 0.389 e. The molecule has 0 bridgehead atoms. The van der Waals surface area contributed by atoms with E-state index < -0.39 is 17.2 Å². The van der Waals surface area contributed by atoms with Crippen LogP contribution in [0.2, 0.25) is 0 Å². The summed E-state index contributed by atoms with van der Waals surface area (Å²) in [5.74, 6) is -1.37. The van der Waals surface area contributed by atoms with Gasteiger partial charge in [-0.05, 0) is 37.8 Å².